The molecule has 0 saturated heterocycles. The minimum atomic E-state index is -6.64. The number of carbonyl (C=O) groups is 1. The monoisotopic (exact) mass is 211 g/mol. The molecule has 0 aromatic rings. The molecule has 0 bridgehead atoms. The molecule has 0 aliphatic heterocycles. The SMILES string of the molecule is O=C(F)C(F)([C](F)F)S(=O)(=O)F. The fourth-order valence-electron chi connectivity index (χ4n) is 0.262. The van der Waals surface area contributed by atoms with Gasteiger partial charge in [-0.3, -0.25) is 4.79 Å². The Morgan fingerprint density at radius 1 is 1.17 bits per heavy atom. The van der Waals surface area contributed by atoms with Gasteiger partial charge in [0.15, 0.2) is 0 Å². The first-order chi connectivity index (χ1) is 5.14. The number of hydrogen-bond acceptors (Lipinski definition) is 3. The summed E-state index contributed by atoms with van der Waals surface area (Å²) in [5, 5.41) is -5.48. The van der Waals surface area contributed by atoms with Crippen molar-refractivity contribution in [2.24, 2.45) is 0 Å². The van der Waals surface area contributed by atoms with Crippen molar-refractivity contribution in [3.05, 3.63) is 6.43 Å². The lowest BCUT2D eigenvalue weighted by Gasteiger charge is -2.11. The highest BCUT2D eigenvalue weighted by molar-refractivity contribution is 7.88. The number of carbonyl (C=O) groups excluding carboxylic acids is 1. The van der Waals surface area contributed by atoms with Crippen LogP contribution in [0.3, 0.4) is 0 Å². The summed E-state index contributed by atoms with van der Waals surface area (Å²) in [4.78, 5) is 9.39. The van der Waals surface area contributed by atoms with Gasteiger partial charge in [0.1, 0.15) is 0 Å². The van der Waals surface area contributed by atoms with Crippen LogP contribution >= 0.6 is 0 Å². The largest absolute Gasteiger partial charge is 0.395 e. The Labute approximate surface area is 63.4 Å². The van der Waals surface area contributed by atoms with E-state index in [2.05, 4.69) is 0 Å². The zero-order chi connectivity index (χ0) is 10.2. The molecule has 0 spiro atoms. The van der Waals surface area contributed by atoms with Gasteiger partial charge >= 0.3 is 27.7 Å². The smallest absolute Gasteiger partial charge is 0.256 e. The minimum absolute atomic E-state index is 3.62. The van der Waals surface area contributed by atoms with E-state index in [9.17, 15) is 34.7 Å². The first-order valence-electron chi connectivity index (χ1n) is 2.15. The Hall–Kier alpha value is -0.730. The summed E-state index contributed by atoms with van der Waals surface area (Å²) in [7, 11) is -6.64. The van der Waals surface area contributed by atoms with Gasteiger partial charge in [-0.1, -0.05) is 0 Å². The van der Waals surface area contributed by atoms with Gasteiger partial charge in [0.05, 0.1) is 0 Å². The summed E-state index contributed by atoms with van der Waals surface area (Å²) in [6.45, 7) is 0. The standard InChI is InChI=1S/C3F5O3S/c4-1(5)3(7,2(6)9)12(8,10)11. The average molecular weight is 211 g/mol. The predicted octanol–water partition coefficient (Wildman–Crippen LogP) is 0.876. The van der Waals surface area contributed by atoms with Crippen LogP contribution in [0.25, 0.3) is 0 Å². The van der Waals surface area contributed by atoms with E-state index in [1.54, 1.807) is 0 Å². The average Bonchev–Trinajstić information content (AvgIpc) is 1.82. The number of hydrogen-bond donors (Lipinski definition) is 0. The highest BCUT2D eigenvalue weighted by Crippen LogP contribution is 2.35. The van der Waals surface area contributed by atoms with Crippen LogP contribution in [-0.4, -0.2) is 19.5 Å². The van der Waals surface area contributed by atoms with Crippen LogP contribution in [0.15, 0.2) is 0 Å². The van der Waals surface area contributed by atoms with Gasteiger partial charge in [-0.15, -0.1) is 3.89 Å². The number of rotatable bonds is 3. The third-order valence-electron chi connectivity index (χ3n) is 0.832. The van der Waals surface area contributed by atoms with Crippen LogP contribution in [0.4, 0.5) is 21.4 Å². The fraction of sp³-hybridized carbons (Fsp3) is 0.333. The molecule has 0 heterocycles. The molecular formula is C3F5O3S. The number of alkyl halides is 1. The van der Waals surface area contributed by atoms with Crippen LogP contribution < -0.4 is 0 Å². The zero-order valence-corrected chi connectivity index (χ0v) is 5.84. The molecule has 1 radical (unpaired) electrons. The van der Waals surface area contributed by atoms with Crippen LogP contribution in [0, 0.1) is 6.43 Å². The van der Waals surface area contributed by atoms with E-state index in [4.69, 9.17) is 0 Å². The van der Waals surface area contributed by atoms with E-state index in [0.717, 1.165) is 0 Å². The van der Waals surface area contributed by atoms with E-state index >= 15 is 0 Å². The molecule has 0 fully saturated rings. The maximum absolute atomic E-state index is 12.1. The molecular weight excluding hydrogens is 211 g/mol. The molecule has 9 heteroatoms. The Morgan fingerprint density at radius 3 is 1.50 bits per heavy atom. The second kappa shape index (κ2) is 2.96. The van der Waals surface area contributed by atoms with Gasteiger partial charge in [0.25, 0.3) is 0 Å². The maximum atomic E-state index is 12.1. The zero-order valence-electron chi connectivity index (χ0n) is 5.02. The summed E-state index contributed by atoms with van der Waals surface area (Å²) in [6, 6.07) is -3.62. The normalized spacial score (nSPS) is 17.5. The first kappa shape index (κ1) is 11.3. The van der Waals surface area contributed by atoms with Crippen molar-refractivity contribution in [3.8, 4) is 0 Å². The first-order valence-corrected chi connectivity index (χ1v) is 3.54. The van der Waals surface area contributed by atoms with Crippen molar-refractivity contribution in [1.82, 2.24) is 0 Å². The molecule has 12 heavy (non-hydrogen) atoms. The van der Waals surface area contributed by atoms with E-state index in [1.807, 2.05) is 0 Å². The lowest BCUT2D eigenvalue weighted by molar-refractivity contribution is -0.139. The number of halogens is 5. The van der Waals surface area contributed by atoms with E-state index < -0.39 is 27.7 Å². The summed E-state index contributed by atoms with van der Waals surface area (Å²) in [6.07, 6.45) is -3.81. The third kappa shape index (κ3) is 1.54. The highest BCUT2D eigenvalue weighted by atomic mass is 32.3. The molecule has 0 aromatic carbocycles. The van der Waals surface area contributed by atoms with Gasteiger partial charge in [0, 0.05) is 0 Å². The van der Waals surface area contributed by atoms with E-state index in [1.165, 1.54) is 0 Å². The van der Waals surface area contributed by atoms with Crippen LogP contribution in [0.5, 0.6) is 0 Å². The van der Waals surface area contributed by atoms with Crippen molar-refractivity contribution in [1.29, 1.82) is 0 Å². The summed E-state index contributed by atoms with van der Waals surface area (Å²) >= 11 is 0. The summed E-state index contributed by atoms with van der Waals surface area (Å²) in [5.74, 6) is 0. The molecule has 3 nitrogen and oxygen atoms in total. The van der Waals surface area contributed by atoms with Gasteiger partial charge in [0.2, 0.25) is 0 Å². The summed E-state index contributed by atoms with van der Waals surface area (Å²) in [5.41, 5.74) is 0. The second-order valence-electron chi connectivity index (χ2n) is 1.57. The molecule has 0 N–H and O–H groups in total. The quantitative estimate of drug-likeness (QED) is 0.514. The van der Waals surface area contributed by atoms with Crippen molar-refractivity contribution < 1.29 is 34.7 Å². The second-order valence-corrected chi connectivity index (χ2v) is 3.01. The molecule has 71 valence electrons. The Bertz CT molecular complexity index is 284. The molecule has 0 aliphatic rings. The van der Waals surface area contributed by atoms with Gasteiger partial charge in [-0.25, -0.2) is 4.39 Å². The topological polar surface area (TPSA) is 51.2 Å². The maximum Gasteiger partial charge on any atom is 0.395 e. The van der Waals surface area contributed by atoms with Crippen LogP contribution in [0.2, 0.25) is 0 Å². The summed E-state index contributed by atoms with van der Waals surface area (Å²) < 4.78 is 76.7. The highest BCUT2D eigenvalue weighted by Gasteiger charge is 2.63. The van der Waals surface area contributed by atoms with E-state index in [0.29, 0.717) is 0 Å². The van der Waals surface area contributed by atoms with Crippen molar-refractivity contribution in [2.45, 2.75) is 5.00 Å². The predicted molar refractivity (Wildman–Crippen MR) is 25.4 cm³/mol. The minimum Gasteiger partial charge on any atom is -0.256 e. The lowest BCUT2D eigenvalue weighted by atomic mass is 10.4. The van der Waals surface area contributed by atoms with Crippen LogP contribution in [0.1, 0.15) is 0 Å². The molecule has 0 rings (SSSR count). The van der Waals surface area contributed by atoms with Gasteiger partial charge in [-0.05, 0) is 0 Å². The van der Waals surface area contributed by atoms with Crippen molar-refractivity contribution in [3.63, 3.8) is 0 Å². The molecule has 1 atom stereocenters. The van der Waals surface area contributed by atoms with Gasteiger partial charge < -0.3 is 0 Å². The Balaban J connectivity index is 5.33. The van der Waals surface area contributed by atoms with Crippen LogP contribution in [-0.2, 0) is 15.0 Å². The molecule has 0 aliphatic carbocycles. The molecule has 0 amide bonds. The van der Waals surface area contributed by atoms with Crippen molar-refractivity contribution >= 4 is 16.3 Å². The third-order valence-corrected chi connectivity index (χ3v) is 1.82. The lowest BCUT2D eigenvalue weighted by Crippen LogP contribution is -2.40. The molecule has 0 saturated carbocycles. The Kier molecular flexibility index (Phi) is 2.78. The Morgan fingerprint density at radius 2 is 1.50 bits per heavy atom. The van der Waals surface area contributed by atoms with Crippen molar-refractivity contribution in [2.75, 3.05) is 0 Å². The van der Waals surface area contributed by atoms with E-state index in [-0.39, 0.29) is 0 Å². The molecule has 0 aromatic heterocycles. The fourth-order valence-corrected chi connectivity index (χ4v) is 0.638. The molecule has 1 unspecified atom stereocenters. The van der Waals surface area contributed by atoms with Gasteiger partial charge in [-0.2, -0.15) is 21.6 Å².